The monoisotopic (exact) mass is 154 g/mol. The average molecular weight is 154 g/mol. The molecule has 0 amide bonds. The van der Waals surface area contributed by atoms with Gasteiger partial charge in [0.25, 0.3) is 0 Å². The molecule has 3 heteroatoms. The van der Waals surface area contributed by atoms with Crippen LogP contribution in [-0.2, 0) is 12.1 Å². The smallest absolute Gasteiger partial charge is 0.0953 e. The summed E-state index contributed by atoms with van der Waals surface area (Å²) >= 11 is 0. The van der Waals surface area contributed by atoms with Crippen molar-refractivity contribution in [3.63, 3.8) is 0 Å². The van der Waals surface area contributed by atoms with Gasteiger partial charge in [-0.05, 0) is 20.8 Å². The van der Waals surface area contributed by atoms with Gasteiger partial charge in [0.2, 0.25) is 0 Å². The molecule has 1 rings (SSSR count). The molecule has 0 atom stereocenters. The van der Waals surface area contributed by atoms with Crippen molar-refractivity contribution in [2.45, 2.75) is 32.9 Å². The van der Waals surface area contributed by atoms with Crippen molar-refractivity contribution in [2.24, 2.45) is 0 Å². The Bertz CT molecular complexity index is 234. The molecule has 0 spiro atoms. The highest BCUT2D eigenvalue weighted by Crippen LogP contribution is 2.15. The quantitative estimate of drug-likeness (QED) is 0.658. The lowest BCUT2D eigenvalue weighted by atomic mass is 10.1. The molecule has 1 aromatic heterocycles. The van der Waals surface area contributed by atoms with Gasteiger partial charge in [-0.15, -0.1) is 0 Å². The first-order chi connectivity index (χ1) is 5.05. The van der Waals surface area contributed by atoms with Crippen molar-refractivity contribution in [3.8, 4) is 0 Å². The lowest BCUT2D eigenvalue weighted by Gasteiger charge is -2.22. The molecule has 62 valence electrons. The first-order valence-corrected chi connectivity index (χ1v) is 3.68. The van der Waals surface area contributed by atoms with Gasteiger partial charge in [0.15, 0.2) is 0 Å². The molecule has 1 aromatic rings. The zero-order valence-corrected chi connectivity index (χ0v) is 7.20. The van der Waals surface area contributed by atoms with E-state index in [0.717, 1.165) is 5.69 Å². The Hall–Kier alpha value is -0.830. The zero-order valence-electron chi connectivity index (χ0n) is 7.20. The number of aliphatic hydroxyl groups is 1. The maximum Gasteiger partial charge on any atom is 0.0953 e. The lowest BCUT2D eigenvalue weighted by Crippen LogP contribution is -2.22. The topological polar surface area (TPSA) is 38.0 Å². The van der Waals surface area contributed by atoms with Gasteiger partial charge in [-0.3, -0.25) is 0 Å². The van der Waals surface area contributed by atoms with Gasteiger partial charge >= 0.3 is 0 Å². The molecule has 0 aliphatic rings. The van der Waals surface area contributed by atoms with Gasteiger partial charge in [0.05, 0.1) is 24.8 Å². The highest BCUT2D eigenvalue weighted by molar-refractivity contribution is 5.00. The molecule has 0 aliphatic carbocycles. The van der Waals surface area contributed by atoms with Crippen molar-refractivity contribution in [3.05, 3.63) is 18.2 Å². The van der Waals surface area contributed by atoms with Crippen LogP contribution in [0.5, 0.6) is 0 Å². The molecule has 1 heterocycles. The summed E-state index contributed by atoms with van der Waals surface area (Å²) in [6, 6.07) is 0. The van der Waals surface area contributed by atoms with E-state index in [0.29, 0.717) is 0 Å². The molecule has 11 heavy (non-hydrogen) atoms. The molecule has 1 N–H and O–H groups in total. The van der Waals surface area contributed by atoms with Crippen LogP contribution in [0.15, 0.2) is 12.5 Å². The van der Waals surface area contributed by atoms with Crippen molar-refractivity contribution in [1.82, 2.24) is 9.55 Å². The number of hydrogen-bond donors (Lipinski definition) is 1. The first-order valence-electron chi connectivity index (χ1n) is 3.68. The van der Waals surface area contributed by atoms with Crippen LogP contribution in [0.1, 0.15) is 26.5 Å². The number of hydrogen-bond acceptors (Lipinski definition) is 2. The van der Waals surface area contributed by atoms with E-state index < -0.39 is 0 Å². The first kappa shape index (κ1) is 8.27. The van der Waals surface area contributed by atoms with Crippen LogP contribution in [0.25, 0.3) is 0 Å². The fraction of sp³-hybridized carbons (Fsp3) is 0.625. The van der Waals surface area contributed by atoms with Gasteiger partial charge in [0.1, 0.15) is 0 Å². The molecule has 0 bridgehead atoms. The molecule has 0 aromatic carbocycles. The standard InChI is InChI=1S/C8H14N2O/c1-8(2,3)10-6-9-4-7(10)5-11/h4,6,11H,5H2,1-3H3. The predicted molar refractivity (Wildman–Crippen MR) is 43.1 cm³/mol. The van der Waals surface area contributed by atoms with Crippen LogP contribution in [0.2, 0.25) is 0 Å². The SMILES string of the molecule is CC(C)(C)n1cncc1CO. The number of aliphatic hydroxyl groups excluding tert-OH is 1. The second-order valence-corrected chi connectivity index (χ2v) is 3.58. The van der Waals surface area contributed by atoms with Gasteiger partial charge in [0, 0.05) is 5.54 Å². The molecule has 0 fully saturated rings. The molecule has 0 radical (unpaired) electrons. The Morgan fingerprint density at radius 3 is 2.55 bits per heavy atom. The number of nitrogens with zero attached hydrogens (tertiary/aromatic N) is 2. The van der Waals surface area contributed by atoms with Crippen LogP contribution >= 0.6 is 0 Å². The van der Waals surface area contributed by atoms with Gasteiger partial charge < -0.3 is 9.67 Å². The summed E-state index contributed by atoms with van der Waals surface area (Å²) in [7, 11) is 0. The van der Waals surface area contributed by atoms with E-state index in [1.165, 1.54) is 0 Å². The lowest BCUT2D eigenvalue weighted by molar-refractivity contribution is 0.256. The van der Waals surface area contributed by atoms with E-state index >= 15 is 0 Å². The van der Waals surface area contributed by atoms with Crippen LogP contribution < -0.4 is 0 Å². The fourth-order valence-corrected chi connectivity index (χ4v) is 1.04. The summed E-state index contributed by atoms with van der Waals surface area (Å²) in [4.78, 5) is 3.96. The second-order valence-electron chi connectivity index (χ2n) is 3.58. The van der Waals surface area contributed by atoms with E-state index in [9.17, 15) is 0 Å². The summed E-state index contributed by atoms with van der Waals surface area (Å²) in [6.07, 6.45) is 3.43. The molecule has 0 saturated carbocycles. The highest BCUT2D eigenvalue weighted by Gasteiger charge is 2.14. The van der Waals surface area contributed by atoms with Crippen LogP contribution in [-0.4, -0.2) is 14.7 Å². The number of rotatable bonds is 1. The average Bonchev–Trinajstić information content (AvgIpc) is 2.31. The van der Waals surface area contributed by atoms with E-state index in [1.54, 1.807) is 12.5 Å². The summed E-state index contributed by atoms with van der Waals surface area (Å²) in [5.74, 6) is 0. The Balaban J connectivity index is 3.02. The maximum absolute atomic E-state index is 8.91. The largest absolute Gasteiger partial charge is 0.390 e. The summed E-state index contributed by atoms with van der Waals surface area (Å²) in [5.41, 5.74) is 0.867. The van der Waals surface area contributed by atoms with Gasteiger partial charge in [-0.1, -0.05) is 0 Å². The normalized spacial score (nSPS) is 12.0. The Morgan fingerprint density at radius 2 is 2.18 bits per heavy atom. The Labute approximate surface area is 66.7 Å². The van der Waals surface area contributed by atoms with E-state index in [1.807, 2.05) is 4.57 Å². The molecule has 0 saturated heterocycles. The van der Waals surface area contributed by atoms with Crippen LogP contribution in [0, 0.1) is 0 Å². The zero-order chi connectivity index (χ0) is 8.48. The third kappa shape index (κ3) is 1.60. The van der Waals surface area contributed by atoms with Gasteiger partial charge in [-0.25, -0.2) is 4.98 Å². The van der Waals surface area contributed by atoms with E-state index in [4.69, 9.17) is 5.11 Å². The second kappa shape index (κ2) is 2.66. The fourth-order valence-electron chi connectivity index (χ4n) is 1.04. The highest BCUT2D eigenvalue weighted by atomic mass is 16.3. The minimum Gasteiger partial charge on any atom is -0.390 e. The van der Waals surface area contributed by atoms with Crippen molar-refractivity contribution < 1.29 is 5.11 Å². The van der Waals surface area contributed by atoms with Crippen molar-refractivity contribution >= 4 is 0 Å². The van der Waals surface area contributed by atoms with E-state index in [2.05, 4.69) is 25.8 Å². The summed E-state index contributed by atoms with van der Waals surface area (Å²) in [5, 5.41) is 8.91. The molecular weight excluding hydrogens is 140 g/mol. The van der Waals surface area contributed by atoms with Crippen molar-refractivity contribution in [2.75, 3.05) is 0 Å². The van der Waals surface area contributed by atoms with Crippen LogP contribution in [0.3, 0.4) is 0 Å². The molecule has 0 unspecified atom stereocenters. The third-order valence-corrected chi connectivity index (χ3v) is 1.60. The number of imidazole rings is 1. The minimum absolute atomic E-state index is 0.00850. The Morgan fingerprint density at radius 1 is 1.55 bits per heavy atom. The molecule has 3 nitrogen and oxygen atoms in total. The Kier molecular flexibility index (Phi) is 2.00. The summed E-state index contributed by atoms with van der Waals surface area (Å²) in [6.45, 7) is 6.28. The molecule has 0 aliphatic heterocycles. The van der Waals surface area contributed by atoms with Crippen molar-refractivity contribution in [1.29, 1.82) is 0 Å². The minimum atomic E-state index is 0.00850. The summed E-state index contributed by atoms with van der Waals surface area (Å²) < 4.78 is 1.97. The van der Waals surface area contributed by atoms with Gasteiger partial charge in [-0.2, -0.15) is 0 Å². The predicted octanol–water partition coefficient (Wildman–Crippen LogP) is 1.13. The van der Waals surface area contributed by atoms with Crippen LogP contribution in [0.4, 0.5) is 0 Å². The van der Waals surface area contributed by atoms with E-state index in [-0.39, 0.29) is 12.1 Å². The third-order valence-electron chi connectivity index (χ3n) is 1.60. The maximum atomic E-state index is 8.91. The number of aromatic nitrogens is 2. The molecular formula is C8H14N2O.